The maximum Gasteiger partial charge on any atom is 0.251 e. The van der Waals surface area contributed by atoms with Crippen molar-refractivity contribution in [1.29, 1.82) is 0 Å². The lowest BCUT2D eigenvalue weighted by atomic mass is 10.2. The molecule has 0 radical (unpaired) electrons. The third kappa shape index (κ3) is 5.58. The molecule has 6 heteroatoms. The summed E-state index contributed by atoms with van der Waals surface area (Å²) in [7, 11) is 0. The van der Waals surface area contributed by atoms with Crippen LogP contribution in [0.4, 0.5) is 5.69 Å². The highest BCUT2D eigenvalue weighted by Gasteiger charge is 2.08. The summed E-state index contributed by atoms with van der Waals surface area (Å²) in [4.78, 5) is 24.8. The number of halogens is 1. The van der Waals surface area contributed by atoms with Crippen LogP contribution in [0, 0.1) is 0 Å². The highest BCUT2D eigenvalue weighted by molar-refractivity contribution is 7.99. The molecule has 0 heterocycles. The quantitative estimate of drug-likeness (QED) is 0.725. The van der Waals surface area contributed by atoms with Crippen molar-refractivity contribution in [2.75, 3.05) is 17.6 Å². The zero-order chi connectivity index (χ0) is 17.4. The smallest absolute Gasteiger partial charge is 0.251 e. The minimum atomic E-state index is -0.150. The first-order valence-electron chi connectivity index (χ1n) is 7.65. The fourth-order valence-corrected chi connectivity index (χ4v) is 3.23. The van der Waals surface area contributed by atoms with Gasteiger partial charge in [0.25, 0.3) is 5.91 Å². The highest BCUT2D eigenvalue weighted by Crippen LogP contribution is 2.27. The summed E-state index contributed by atoms with van der Waals surface area (Å²) in [5, 5.41) is 6.24. The number of rotatable bonds is 7. The first-order valence-corrected chi connectivity index (χ1v) is 9.02. The van der Waals surface area contributed by atoms with E-state index in [2.05, 4.69) is 10.6 Å². The summed E-state index contributed by atoms with van der Waals surface area (Å²) in [6, 6.07) is 14.5. The Labute approximate surface area is 151 Å². The van der Waals surface area contributed by atoms with Gasteiger partial charge in [0.15, 0.2) is 0 Å². The van der Waals surface area contributed by atoms with Crippen molar-refractivity contribution in [2.24, 2.45) is 0 Å². The highest BCUT2D eigenvalue weighted by atomic mass is 35.5. The van der Waals surface area contributed by atoms with Crippen LogP contribution in [0.3, 0.4) is 0 Å². The van der Waals surface area contributed by atoms with Gasteiger partial charge < -0.3 is 10.6 Å². The minimum absolute atomic E-state index is 0.0948. The van der Waals surface area contributed by atoms with E-state index in [1.54, 1.807) is 36.0 Å². The summed E-state index contributed by atoms with van der Waals surface area (Å²) in [5.41, 5.74) is 1.14. The molecule has 4 nitrogen and oxygen atoms in total. The van der Waals surface area contributed by atoms with Gasteiger partial charge in [-0.05, 0) is 37.3 Å². The molecule has 0 aromatic heterocycles. The maximum atomic E-state index is 12.0. The normalized spacial score (nSPS) is 10.2. The van der Waals surface area contributed by atoms with Crippen LogP contribution < -0.4 is 10.6 Å². The number of anilines is 1. The third-order valence-corrected chi connectivity index (χ3v) is 4.69. The average Bonchev–Trinajstić information content (AvgIpc) is 2.57. The van der Waals surface area contributed by atoms with E-state index in [9.17, 15) is 9.59 Å². The lowest BCUT2D eigenvalue weighted by Gasteiger charge is -2.08. The van der Waals surface area contributed by atoms with Gasteiger partial charge in [-0.25, -0.2) is 0 Å². The Balaban J connectivity index is 1.85. The molecule has 0 saturated heterocycles. The Bertz CT molecular complexity index is 722. The number of carbonyl (C=O) groups is 2. The number of benzene rings is 2. The van der Waals surface area contributed by atoms with E-state index in [1.165, 1.54) is 0 Å². The van der Waals surface area contributed by atoms with Gasteiger partial charge in [0.05, 0.1) is 5.02 Å². The fourth-order valence-electron chi connectivity index (χ4n) is 2.04. The Kier molecular flexibility index (Phi) is 7.15. The van der Waals surface area contributed by atoms with Crippen LogP contribution in [-0.4, -0.2) is 24.1 Å². The molecule has 0 atom stereocenters. The Morgan fingerprint density at radius 1 is 1.12 bits per heavy atom. The van der Waals surface area contributed by atoms with E-state index in [4.69, 9.17) is 11.6 Å². The second-order valence-electron chi connectivity index (χ2n) is 5.02. The third-order valence-electron chi connectivity index (χ3n) is 3.17. The molecule has 0 bridgehead atoms. The molecule has 0 aliphatic carbocycles. The fraction of sp³-hybridized carbons (Fsp3) is 0.222. The first-order chi connectivity index (χ1) is 11.6. The number of amides is 2. The van der Waals surface area contributed by atoms with E-state index in [-0.39, 0.29) is 11.8 Å². The summed E-state index contributed by atoms with van der Waals surface area (Å²) in [6.45, 7) is 2.43. The Morgan fingerprint density at radius 2 is 1.92 bits per heavy atom. The number of thioether (sulfide) groups is 1. The van der Waals surface area contributed by atoms with Crippen molar-refractivity contribution >= 4 is 40.9 Å². The molecule has 0 saturated carbocycles. The number of hydrogen-bond donors (Lipinski definition) is 2. The molecule has 0 aliphatic heterocycles. The van der Waals surface area contributed by atoms with Crippen LogP contribution in [0.25, 0.3) is 0 Å². The molecule has 0 spiro atoms. The SMILES string of the molecule is CCNC(=O)c1cccc(NC(=O)CCSc2ccccc2Cl)c1. The Morgan fingerprint density at radius 3 is 2.67 bits per heavy atom. The van der Waals surface area contributed by atoms with Crippen molar-refractivity contribution in [3.8, 4) is 0 Å². The van der Waals surface area contributed by atoms with E-state index in [1.807, 2.05) is 31.2 Å². The van der Waals surface area contributed by atoms with Gasteiger partial charge in [0, 0.05) is 34.9 Å². The molecule has 2 rings (SSSR count). The van der Waals surface area contributed by atoms with E-state index < -0.39 is 0 Å². The molecule has 2 amide bonds. The summed E-state index contributed by atoms with van der Waals surface area (Å²) >= 11 is 7.63. The molecule has 0 aliphatic rings. The molecule has 0 unspecified atom stereocenters. The van der Waals surface area contributed by atoms with Crippen molar-refractivity contribution in [3.63, 3.8) is 0 Å². The standard InChI is InChI=1S/C18H19ClN2O2S/c1-2-20-18(23)13-6-5-7-14(12-13)21-17(22)10-11-24-16-9-4-3-8-15(16)19/h3-9,12H,2,10-11H2,1H3,(H,20,23)(H,21,22). The van der Waals surface area contributed by atoms with Crippen LogP contribution >= 0.6 is 23.4 Å². The summed E-state index contributed by atoms with van der Waals surface area (Å²) in [6.07, 6.45) is 0.362. The van der Waals surface area contributed by atoms with Crippen molar-refractivity contribution in [1.82, 2.24) is 5.32 Å². The van der Waals surface area contributed by atoms with Crippen LogP contribution in [-0.2, 0) is 4.79 Å². The van der Waals surface area contributed by atoms with Gasteiger partial charge in [0.2, 0.25) is 5.91 Å². The van der Waals surface area contributed by atoms with Gasteiger partial charge >= 0.3 is 0 Å². The van der Waals surface area contributed by atoms with Gasteiger partial charge in [-0.2, -0.15) is 0 Å². The molecular formula is C18H19ClN2O2S. The lowest BCUT2D eigenvalue weighted by Crippen LogP contribution is -2.22. The number of nitrogens with one attached hydrogen (secondary N) is 2. The van der Waals surface area contributed by atoms with Gasteiger partial charge in [-0.3, -0.25) is 9.59 Å². The average molecular weight is 363 g/mol. The summed E-state index contributed by atoms with van der Waals surface area (Å²) < 4.78 is 0. The van der Waals surface area contributed by atoms with E-state index in [0.29, 0.717) is 35.0 Å². The largest absolute Gasteiger partial charge is 0.352 e. The monoisotopic (exact) mass is 362 g/mol. The van der Waals surface area contributed by atoms with Crippen molar-refractivity contribution in [2.45, 2.75) is 18.2 Å². The van der Waals surface area contributed by atoms with Crippen molar-refractivity contribution in [3.05, 3.63) is 59.1 Å². The van der Waals surface area contributed by atoms with E-state index >= 15 is 0 Å². The maximum absolute atomic E-state index is 12.0. The molecule has 24 heavy (non-hydrogen) atoms. The summed E-state index contributed by atoms with van der Waals surface area (Å²) in [5.74, 6) is 0.386. The zero-order valence-corrected chi connectivity index (χ0v) is 14.9. The molecule has 2 aromatic rings. The lowest BCUT2D eigenvalue weighted by molar-refractivity contribution is -0.115. The molecule has 2 N–H and O–H groups in total. The minimum Gasteiger partial charge on any atom is -0.352 e. The molecule has 2 aromatic carbocycles. The van der Waals surface area contributed by atoms with Crippen molar-refractivity contribution < 1.29 is 9.59 Å². The van der Waals surface area contributed by atoms with Crippen LogP contribution in [0.15, 0.2) is 53.4 Å². The Hall–Kier alpha value is -1.98. The zero-order valence-electron chi connectivity index (χ0n) is 13.3. The topological polar surface area (TPSA) is 58.2 Å². The van der Waals surface area contributed by atoms with Crippen LogP contribution in [0.2, 0.25) is 5.02 Å². The predicted octanol–water partition coefficient (Wildman–Crippen LogP) is 4.21. The number of hydrogen-bond acceptors (Lipinski definition) is 3. The molecular weight excluding hydrogens is 344 g/mol. The van der Waals surface area contributed by atoms with Gasteiger partial charge in [0.1, 0.15) is 0 Å². The molecule has 0 fully saturated rings. The second-order valence-corrected chi connectivity index (χ2v) is 6.56. The predicted molar refractivity (Wildman–Crippen MR) is 99.9 cm³/mol. The first kappa shape index (κ1) is 18.4. The van der Waals surface area contributed by atoms with Gasteiger partial charge in [-0.15, -0.1) is 11.8 Å². The van der Waals surface area contributed by atoms with Crippen LogP contribution in [0.1, 0.15) is 23.7 Å². The van der Waals surface area contributed by atoms with Crippen LogP contribution in [0.5, 0.6) is 0 Å². The second kappa shape index (κ2) is 9.35. The number of carbonyl (C=O) groups excluding carboxylic acids is 2. The molecule has 126 valence electrons. The van der Waals surface area contributed by atoms with E-state index in [0.717, 1.165) is 4.90 Å². The van der Waals surface area contributed by atoms with Gasteiger partial charge in [-0.1, -0.05) is 29.8 Å².